The van der Waals surface area contributed by atoms with Crippen LogP contribution in [-0.4, -0.2) is 84.9 Å². The second kappa shape index (κ2) is 14.4. The Labute approximate surface area is 274 Å². The molecule has 0 spiro atoms. The number of anilines is 4. The summed E-state index contributed by atoms with van der Waals surface area (Å²) in [7, 11) is -0.0326. The molecule has 13 nitrogen and oxygen atoms in total. The summed E-state index contributed by atoms with van der Waals surface area (Å²) in [5.41, 5.74) is 0.237. The summed E-state index contributed by atoms with van der Waals surface area (Å²) in [4.78, 5) is 38.6. The maximum atomic E-state index is 13.8. The third-order valence-corrected chi connectivity index (χ3v) is 7.22. The lowest BCUT2D eigenvalue weighted by Crippen LogP contribution is -2.44. The van der Waals surface area contributed by atoms with Crippen molar-refractivity contribution < 1.29 is 35.7 Å². The zero-order valence-electron chi connectivity index (χ0n) is 26.5. The Balaban J connectivity index is 0.000000968. The van der Waals surface area contributed by atoms with Crippen LogP contribution in [0.3, 0.4) is 0 Å². The minimum absolute atomic E-state index is 0.0795. The lowest BCUT2D eigenvalue weighted by molar-refractivity contribution is -0.137. The maximum absolute atomic E-state index is 13.8. The highest BCUT2D eigenvalue weighted by Gasteiger charge is 2.32. The molecule has 0 radical (unpaired) electrons. The number of fused-ring (bicyclic) bond motifs is 1. The number of aromatic nitrogens is 3. The molecule has 3 heterocycles. The number of methoxy groups -OCH3 is 1. The number of ether oxygens (including phenoxy) is 1. The molecule has 2 aromatic carbocycles. The average Bonchev–Trinajstić information content (AvgIpc) is 3.00. The quantitative estimate of drug-likeness (QED) is 0.188. The van der Waals surface area contributed by atoms with Crippen molar-refractivity contribution in [3.05, 3.63) is 82.8 Å². The van der Waals surface area contributed by atoms with Crippen molar-refractivity contribution in [2.24, 2.45) is 0 Å². The number of rotatable bonds is 7. The monoisotopic (exact) mass is 689 g/mol. The van der Waals surface area contributed by atoms with Crippen LogP contribution in [0, 0.1) is 6.92 Å². The van der Waals surface area contributed by atoms with Gasteiger partial charge in [0.2, 0.25) is 11.9 Å². The van der Waals surface area contributed by atoms with E-state index >= 15 is 0 Å². The van der Waals surface area contributed by atoms with Crippen LogP contribution in [0.2, 0.25) is 0 Å². The minimum Gasteiger partial charge on any atom is -0.494 e. The Kier molecular flexibility index (Phi) is 10.8. The number of amides is 1. The van der Waals surface area contributed by atoms with Crippen molar-refractivity contribution in [1.29, 1.82) is 0 Å². The Morgan fingerprint density at radius 1 is 1.08 bits per heavy atom. The number of nitrogens with one attached hydrogen (secondary N) is 2. The zero-order valence-corrected chi connectivity index (χ0v) is 27.3. The molecule has 1 saturated heterocycles. The van der Waals surface area contributed by atoms with Crippen molar-refractivity contribution >= 4 is 50.1 Å². The second-order valence-electron chi connectivity index (χ2n) is 10.9. The highest BCUT2D eigenvalue weighted by Crippen LogP contribution is 2.35. The van der Waals surface area contributed by atoms with Crippen LogP contribution in [0.5, 0.6) is 5.75 Å². The molecule has 1 aliphatic heterocycles. The van der Waals surface area contributed by atoms with Gasteiger partial charge in [0.05, 0.1) is 30.3 Å². The lowest BCUT2D eigenvalue weighted by atomic mass is 10.1. The van der Waals surface area contributed by atoms with Gasteiger partial charge in [0.25, 0.3) is 15.7 Å². The van der Waals surface area contributed by atoms with Gasteiger partial charge in [-0.2, -0.15) is 26.6 Å². The third-order valence-electron chi connectivity index (χ3n) is 7.22. The summed E-state index contributed by atoms with van der Waals surface area (Å²) < 4.78 is 74.0. The van der Waals surface area contributed by atoms with Crippen molar-refractivity contribution in [1.82, 2.24) is 19.4 Å². The number of carbonyl (C=O) groups excluding carboxylic acids is 1. The molecular formula is C31H34F3N7O6S. The number of piperazine rings is 1. The molecule has 0 bridgehead atoms. The number of carbonyl (C=O) groups is 1. The molecule has 4 aromatic rings. The fourth-order valence-electron chi connectivity index (χ4n) is 4.90. The van der Waals surface area contributed by atoms with Gasteiger partial charge in [-0.25, -0.2) is 4.98 Å². The van der Waals surface area contributed by atoms with E-state index in [-0.39, 0.29) is 23.0 Å². The molecular weight excluding hydrogens is 655 g/mol. The highest BCUT2D eigenvalue weighted by atomic mass is 32.2. The number of aryl methyl sites for hydroxylation is 1. The standard InChI is InChI=1S/C30H30F3N7O3.CH4O3S/c1-5-26(41)35-20-13-19(30(31,32)33)14-22(15-20)40-27(42)12-18(2)23-17-34-29(37-28(23)40)36-24-7-6-21(16-25(24)43-4)39-10-8-38(3)9-11-39;1-5(2,3)4/h5-7,12-17H,1,8-11H2,2-4H3,(H,35,41)(H,34,36,37);1H3,(H,2,3,4). The Hall–Kier alpha value is -5.00. The topological polar surface area (TPSA) is 159 Å². The Morgan fingerprint density at radius 3 is 2.35 bits per heavy atom. The molecule has 3 N–H and O–H groups in total. The van der Waals surface area contributed by atoms with Crippen molar-refractivity contribution in [3.63, 3.8) is 0 Å². The highest BCUT2D eigenvalue weighted by molar-refractivity contribution is 7.85. The summed E-state index contributed by atoms with van der Waals surface area (Å²) in [5, 5.41) is 5.91. The van der Waals surface area contributed by atoms with Gasteiger partial charge in [0.1, 0.15) is 5.75 Å². The van der Waals surface area contributed by atoms with Crippen molar-refractivity contribution in [2.75, 3.05) is 62.1 Å². The zero-order chi connectivity index (χ0) is 35.4. The van der Waals surface area contributed by atoms with Crippen LogP contribution in [0.4, 0.5) is 36.2 Å². The van der Waals surface area contributed by atoms with Gasteiger partial charge in [-0.1, -0.05) is 6.58 Å². The first-order valence-electron chi connectivity index (χ1n) is 14.3. The van der Waals surface area contributed by atoms with Crippen LogP contribution < -0.4 is 25.8 Å². The second-order valence-corrected chi connectivity index (χ2v) is 12.4. The van der Waals surface area contributed by atoms with Crippen LogP contribution in [-0.2, 0) is 21.1 Å². The van der Waals surface area contributed by atoms with Crippen LogP contribution in [0.25, 0.3) is 16.7 Å². The fraction of sp³-hybridized carbons (Fsp3) is 0.290. The molecule has 17 heteroatoms. The van der Waals surface area contributed by atoms with Gasteiger partial charge in [-0.3, -0.25) is 18.7 Å². The van der Waals surface area contributed by atoms with E-state index in [9.17, 15) is 31.2 Å². The SMILES string of the molecule is C=CC(=O)Nc1cc(-n2c(=O)cc(C)c3cnc(Nc4ccc(N5CCN(C)CC5)cc4OC)nc32)cc(C(F)(F)F)c1.CS(=O)(=O)O. The first-order chi connectivity index (χ1) is 22.5. The average molecular weight is 690 g/mol. The normalized spacial score (nSPS) is 13.8. The summed E-state index contributed by atoms with van der Waals surface area (Å²) in [6.45, 7) is 8.68. The molecule has 1 amide bonds. The Morgan fingerprint density at radius 2 is 1.75 bits per heavy atom. The van der Waals surface area contributed by atoms with E-state index in [2.05, 4.69) is 44.0 Å². The molecule has 48 heavy (non-hydrogen) atoms. The van der Waals surface area contributed by atoms with Crippen molar-refractivity contribution in [2.45, 2.75) is 13.1 Å². The molecule has 256 valence electrons. The number of alkyl halides is 3. The molecule has 0 unspecified atom stereocenters. The largest absolute Gasteiger partial charge is 0.494 e. The smallest absolute Gasteiger partial charge is 0.416 e. The summed E-state index contributed by atoms with van der Waals surface area (Å²) >= 11 is 0. The van der Waals surface area contributed by atoms with Gasteiger partial charge in [-0.15, -0.1) is 0 Å². The van der Waals surface area contributed by atoms with Gasteiger partial charge in [-0.05, 0) is 55.9 Å². The van der Waals surface area contributed by atoms with Gasteiger partial charge in [0, 0.05) is 61.3 Å². The predicted octanol–water partition coefficient (Wildman–Crippen LogP) is 4.24. The number of benzene rings is 2. The summed E-state index contributed by atoms with van der Waals surface area (Å²) in [6.07, 6.45) is -1.60. The fourth-order valence-corrected chi connectivity index (χ4v) is 4.90. The molecule has 1 aliphatic rings. The number of hydrogen-bond acceptors (Lipinski definition) is 10. The Bertz CT molecular complexity index is 2000. The van der Waals surface area contributed by atoms with Crippen LogP contribution in [0.15, 0.2) is 66.1 Å². The molecule has 2 aromatic heterocycles. The van der Waals surface area contributed by atoms with E-state index in [4.69, 9.17) is 9.29 Å². The molecule has 5 rings (SSSR count). The van der Waals surface area contributed by atoms with E-state index < -0.39 is 33.3 Å². The number of hydrogen-bond donors (Lipinski definition) is 3. The van der Waals surface area contributed by atoms with Crippen LogP contribution in [0.1, 0.15) is 11.1 Å². The minimum atomic E-state index is -4.75. The maximum Gasteiger partial charge on any atom is 0.416 e. The predicted molar refractivity (Wildman–Crippen MR) is 177 cm³/mol. The van der Waals surface area contributed by atoms with Gasteiger partial charge >= 0.3 is 6.18 Å². The number of halogens is 3. The summed E-state index contributed by atoms with van der Waals surface area (Å²) in [5.74, 6) is -0.0564. The number of nitrogens with zero attached hydrogens (tertiary/aromatic N) is 5. The van der Waals surface area contributed by atoms with Gasteiger partial charge in [0.15, 0.2) is 5.65 Å². The van der Waals surface area contributed by atoms with Crippen molar-refractivity contribution in [3.8, 4) is 11.4 Å². The van der Waals surface area contributed by atoms with E-state index in [1.807, 2.05) is 18.2 Å². The molecule has 0 aliphatic carbocycles. The van der Waals surface area contributed by atoms with Crippen LogP contribution >= 0.6 is 0 Å². The van der Waals surface area contributed by atoms with Gasteiger partial charge < -0.3 is 25.2 Å². The molecule has 0 atom stereocenters. The lowest BCUT2D eigenvalue weighted by Gasteiger charge is -2.34. The molecule has 0 saturated carbocycles. The number of likely N-dealkylation sites (N-methyl/N-ethyl adjacent to an activating group) is 1. The molecule has 1 fully saturated rings. The third kappa shape index (κ3) is 9.08. The first-order valence-corrected chi connectivity index (χ1v) is 16.2. The van der Waals surface area contributed by atoms with E-state index in [1.54, 1.807) is 14.0 Å². The summed E-state index contributed by atoms with van der Waals surface area (Å²) in [6, 6.07) is 9.88. The number of pyridine rings is 1. The van der Waals surface area contributed by atoms with E-state index in [0.29, 0.717) is 28.6 Å². The van der Waals surface area contributed by atoms with E-state index in [0.717, 1.165) is 54.6 Å². The van der Waals surface area contributed by atoms with E-state index in [1.165, 1.54) is 18.3 Å². The first kappa shape index (κ1) is 35.8.